The highest BCUT2D eigenvalue weighted by Gasteiger charge is 2.32. The molecule has 3 rings (SSSR count). The Balaban J connectivity index is 1.74. The van der Waals surface area contributed by atoms with Gasteiger partial charge in [-0.15, -0.1) is 0 Å². The maximum absolute atomic E-state index is 12.9. The van der Waals surface area contributed by atoms with E-state index in [4.69, 9.17) is 4.74 Å². The van der Waals surface area contributed by atoms with Gasteiger partial charge in [-0.25, -0.2) is 4.79 Å². The average Bonchev–Trinajstić information content (AvgIpc) is 2.89. The molecule has 0 unspecified atom stereocenters. The largest absolute Gasteiger partial charge is 0.480 e. The van der Waals surface area contributed by atoms with Gasteiger partial charge >= 0.3 is 6.03 Å². The van der Waals surface area contributed by atoms with Gasteiger partial charge < -0.3 is 20.3 Å². The van der Waals surface area contributed by atoms with Gasteiger partial charge in [0.25, 0.3) is 5.91 Å². The molecule has 166 valence electrons. The van der Waals surface area contributed by atoms with E-state index in [0.717, 1.165) is 17.7 Å². The molecule has 2 aromatic carbocycles. The maximum atomic E-state index is 12.9. The van der Waals surface area contributed by atoms with Gasteiger partial charge in [0.2, 0.25) is 0 Å². The predicted octanol–water partition coefficient (Wildman–Crippen LogP) is 5.75. The lowest BCUT2D eigenvalue weighted by Gasteiger charge is -2.28. The van der Waals surface area contributed by atoms with E-state index in [0.29, 0.717) is 30.3 Å². The fraction of sp³-hybridized carbons (Fsp3) is 0.440. The van der Waals surface area contributed by atoms with Crippen LogP contribution in [0.25, 0.3) is 0 Å². The molecule has 0 aromatic heterocycles. The summed E-state index contributed by atoms with van der Waals surface area (Å²) in [5.41, 5.74) is 3.51. The van der Waals surface area contributed by atoms with Crippen LogP contribution in [0, 0.1) is 0 Å². The quantitative estimate of drug-likeness (QED) is 0.621. The van der Waals surface area contributed by atoms with Crippen molar-refractivity contribution in [2.75, 3.05) is 10.6 Å². The third-order valence-corrected chi connectivity index (χ3v) is 5.82. The molecule has 0 saturated heterocycles. The summed E-state index contributed by atoms with van der Waals surface area (Å²) in [6.45, 7) is 10.8. The first-order valence-corrected chi connectivity index (χ1v) is 11.1. The van der Waals surface area contributed by atoms with E-state index in [-0.39, 0.29) is 18.0 Å². The van der Waals surface area contributed by atoms with E-state index in [1.54, 1.807) is 6.07 Å². The molecule has 3 amide bonds. The highest BCUT2D eigenvalue weighted by Crippen LogP contribution is 2.30. The molecule has 0 bridgehead atoms. The number of hydrogen-bond donors (Lipinski definition) is 2. The van der Waals surface area contributed by atoms with Crippen LogP contribution in [0.15, 0.2) is 42.5 Å². The summed E-state index contributed by atoms with van der Waals surface area (Å²) >= 11 is 0. The van der Waals surface area contributed by atoms with Crippen LogP contribution in [0.4, 0.5) is 16.2 Å². The number of amides is 3. The van der Waals surface area contributed by atoms with E-state index in [1.165, 1.54) is 5.56 Å². The normalized spacial score (nSPS) is 16.9. The van der Waals surface area contributed by atoms with Crippen LogP contribution in [0.1, 0.15) is 64.5 Å². The van der Waals surface area contributed by atoms with E-state index >= 15 is 0 Å². The molecule has 2 aromatic rings. The van der Waals surface area contributed by atoms with Crippen molar-refractivity contribution >= 4 is 23.3 Å². The number of nitrogens with one attached hydrogen (secondary N) is 2. The van der Waals surface area contributed by atoms with Crippen molar-refractivity contribution in [3.63, 3.8) is 0 Å². The fourth-order valence-electron chi connectivity index (χ4n) is 3.64. The van der Waals surface area contributed by atoms with E-state index < -0.39 is 6.10 Å². The third-order valence-electron chi connectivity index (χ3n) is 5.82. The Morgan fingerprint density at radius 2 is 1.71 bits per heavy atom. The number of urea groups is 1. The Morgan fingerprint density at radius 1 is 1.06 bits per heavy atom. The van der Waals surface area contributed by atoms with Crippen molar-refractivity contribution in [3.05, 3.63) is 53.6 Å². The third kappa shape index (κ3) is 5.37. The number of benzene rings is 2. The number of carbonyl (C=O) groups excluding carboxylic acids is 2. The highest BCUT2D eigenvalue weighted by atomic mass is 16.5. The number of fused-ring (bicyclic) bond motifs is 1. The zero-order valence-electron chi connectivity index (χ0n) is 19.1. The summed E-state index contributed by atoms with van der Waals surface area (Å²) in [6, 6.07) is 13.2. The molecular weight excluding hydrogens is 390 g/mol. The lowest BCUT2D eigenvalue weighted by Crippen LogP contribution is -2.43. The summed E-state index contributed by atoms with van der Waals surface area (Å²) in [6.07, 6.45) is 1.00. The first kappa shape index (κ1) is 22.7. The average molecular weight is 424 g/mol. The van der Waals surface area contributed by atoms with Crippen LogP contribution in [-0.4, -0.2) is 29.0 Å². The van der Waals surface area contributed by atoms with Gasteiger partial charge in [0.15, 0.2) is 6.10 Å². The fourth-order valence-corrected chi connectivity index (χ4v) is 3.64. The summed E-state index contributed by atoms with van der Waals surface area (Å²) < 4.78 is 6.01. The molecule has 0 saturated carbocycles. The molecule has 0 fully saturated rings. The maximum Gasteiger partial charge on any atom is 0.323 e. The van der Waals surface area contributed by atoms with Crippen LogP contribution in [0.5, 0.6) is 5.75 Å². The summed E-state index contributed by atoms with van der Waals surface area (Å²) in [4.78, 5) is 27.3. The van der Waals surface area contributed by atoms with Gasteiger partial charge in [-0.3, -0.25) is 4.79 Å². The molecule has 2 atom stereocenters. The molecule has 6 nitrogen and oxygen atoms in total. The smallest absolute Gasteiger partial charge is 0.323 e. The van der Waals surface area contributed by atoms with Gasteiger partial charge in [0, 0.05) is 29.5 Å². The van der Waals surface area contributed by atoms with Crippen LogP contribution in [0.2, 0.25) is 0 Å². The van der Waals surface area contributed by atoms with Crippen LogP contribution in [-0.2, 0) is 11.3 Å². The van der Waals surface area contributed by atoms with Crippen LogP contribution >= 0.6 is 0 Å². The minimum Gasteiger partial charge on any atom is -0.480 e. The highest BCUT2D eigenvalue weighted by molar-refractivity contribution is 5.99. The molecule has 0 aliphatic carbocycles. The Hall–Kier alpha value is -3.02. The zero-order valence-corrected chi connectivity index (χ0v) is 19.1. The second-order valence-electron chi connectivity index (χ2n) is 8.42. The topological polar surface area (TPSA) is 70.7 Å². The molecule has 1 aliphatic heterocycles. The van der Waals surface area contributed by atoms with Crippen molar-refractivity contribution in [2.45, 2.75) is 72.1 Å². The lowest BCUT2D eigenvalue weighted by molar-refractivity contribution is -0.140. The number of hydrogen-bond acceptors (Lipinski definition) is 3. The minimum atomic E-state index is -0.480. The minimum absolute atomic E-state index is 0.0187. The van der Waals surface area contributed by atoms with Crippen molar-refractivity contribution in [1.29, 1.82) is 0 Å². The first-order valence-electron chi connectivity index (χ1n) is 11.1. The summed E-state index contributed by atoms with van der Waals surface area (Å²) in [7, 11) is 0. The predicted molar refractivity (Wildman–Crippen MR) is 125 cm³/mol. The molecule has 1 aliphatic rings. The number of anilines is 2. The van der Waals surface area contributed by atoms with Gasteiger partial charge in [0.05, 0.1) is 0 Å². The molecule has 6 heteroatoms. The van der Waals surface area contributed by atoms with Gasteiger partial charge in [-0.05, 0) is 61.6 Å². The molecule has 31 heavy (non-hydrogen) atoms. The number of ether oxygens (including phenoxy) is 1. The van der Waals surface area contributed by atoms with Gasteiger partial charge in [-0.1, -0.05) is 39.8 Å². The van der Waals surface area contributed by atoms with Gasteiger partial charge in [-0.2, -0.15) is 0 Å². The van der Waals surface area contributed by atoms with Crippen molar-refractivity contribution in [1.82, 2.24) is 4.90 Å². The van der Waals surface area contributed by atoms with Gasteiger partial charge in [0.1, 0.15) is 5.75 Å². The Kier molecular flexibility index (Phi) is 7.21. The molecule has 1 heterocycles. The monoisotopic (exact) mass is 423 g/mol. The molecule has 0 spiro atoms. The van der Waals surface area contributed by atoms with E-state index in [9.17, 15) is 9.59 Å². The van der Waals surface area contributed by atoms with Crippen molar-refractivity contribution in [2.24, 2.45) is 0 Å². The van der Waals surface area contributed by atoms with Crippen molar-refractivity contribution in [3.8, 4) is 5.75 Å². The van der Waals surface area contributed by atoms with Crippen LogP contribution in [0.3, 0.4) is 0 Å². The lowest BCUT2D eigenvalue weighted by atomic mass is 10.0. The number of rotatable bonds is 6. The van der Waals surface area contributed by atoms with Crippen LogP contribution < -0.4 is 15.4 Å². The summed E-state index contributed by atoms with van der Waals surface area (Å²) in [5.74, 6) is 1.16. The van der Waals surface area contributed by atoms with Crippen molar-refractivity contribution < 1.29 is 14.3 Å². The SMILES string of the molecule is CC[C@@H](C)N1Cc2cc(NC(=O)Nc3ccc(C(C)C)cc3)ccc2O[C@H](CC)C1=O. The molecule has 0 radical (unpaired) electrons. The molecular formula is C25H33N3O3. The second-order valence-corrected chi connectivity index (χ2v) is 8.42. The van der Waals surface area contributed by atoms with E-state index in [2.05, 4.69) is 38.3 Å². The summed E-state index contributed by atoms with van der Waals surface area (Å²) in [5, 5.41) is 5.75. The standard InChI is InChI=1S/C25H33N3O3/c1-6-17(5)28-15-19-14-21(12-13-23(19)31-22(7-2)24(28)29)27-25(30)26-20-10-8-18(9-11-20)16(3)4/h8-14,16-17,22H,6-7,15H2,1-5H3,(H2,26,27,30)/t17-,22-/m1/s1. The molecule has 2 N–H and O–H groups in total. The number of nitrogens with zero attached hydrogens (tertiary/aromatic N) is 1. The Bertz CT molecular complexity index is 924. The second kappa shape index (κ2) is 9.86. The first-order chi connectivity index (χ1) is 14.8. The Labute approximate surface area is 185 Å². The zero-order chi connectivity index (χ0) is 22.5. The Morgan fingerprint density at radius 3 is 2.32 bits per heavy atom. The number of carbonyl (C=O) groups is 2. The van der Waals surface area contributed by atoms with E-state index in [1.807, 2.05) is 48.2 Å².